The van der Waals surface area contributed by atoms with Crippen LogP contribution >= 0.6 is 0 Å². The molecule has 1 aromatic carbocycles. The number of rotatable bonds is 12. The molecule has 0 N–H and O–H groups in total. The Kier molecular flexibility index (Phi) is 10.8. The molecule has 0 saturated heterocycles. The summed E-state index contributed by atoms with van der Waals surface area (Å²) in [4.78, 5) is 24.2. The summed E-state index contributed by atoms with van der Waals surface area (Å²) in [6.45, 7) is 9.37. The average Bonchev–Trinajstić information content (AvgIpc) is 2.62. The highest BCUT2D eigenvalue weighted by Gasteiger charge is 2.20. The number of aryl methyl sites for hydroxylation is 1. The number of para-hydroxylation sites is 1. The number of esters is 2. The predicted octanol–water partition coefficient (Wildman–Crippen LogP) is 6.10. The maximum atomic E-state index is 12.2. The molecule has 0 unspecified atom stereocenters. The van der Waals surface area contributed by atoms with E-state index < -0.39 is 0 Å². The molecular formula is C23H36O4. The van der Waals surface area contributed by atoms with E-state index in [-0.39, 0.29) is 23.8 Å². The molecule has 0 saturated carbocycles. The highest BCUT2D eigenvalue weighted by molar-refractivity contribution is 5.78. The van der Waals surface area contributed by atoms with Crippen LogP contribution in [0.1, 0.15) is 85.1 Å². The Morgan fingerprint density at radius 2 is 1.37 bits per heavy atom. The van der Waals surface area contributed by atoms with E-state index in [1.54, 1.807) is 33.8 Å². The van der Waals surface area contributed by atoms with Crippen LogP contribution in [0.3, 0.4) is 0 Å². The third kappa shape index (κ3) is 8.59. The summed E-state index contributed by atoms with van der Waals surface area (Å²) in [6, 6.07) is 5.50. The molecule has 1 rings (SSSR count). The Morgan fingerprint density at radius 3 is 1.96 bits per heavy atom. The van der Waals surface area contributed by atoms with Crippen LogP contribution in [0.2, 0.25) is 0 Å². The SMILES string of the molecule is CCCCCCCCCc1cccc(OC(=O)C(C)C)c1OC(=O)C(C)C. The van der Waals surface area contributed by atoms with Crippen LogP contribution in [0.4, 0.5) is 0 Å². The zero-order valence-corrected chi connectivity index (χ0v) is 17.7. The quantitative estimate of drug-likeness (QED) is 0.251. The molecule has 0 atom stereocenters. The Balaban J connectivity index is 2.81. The monoisotopic (exact) mass is 376 g/mol. The summed E-state index contributed by atoms with van der Waals surface area (Å²) >= 11 is 0. The first-order chi connectivity index (χ1) is 12.9. The zero-order chi connectivity index (χ0) is 20.2. The second kappa shape index (κ2) is 12.5. The van der Waals surface area contributed by atoms with E-state index in [1.165, 1.54) is 32.1 Å². The van der Waals surface area contributed by atoms with Crippen LogP contribution in [0, 0.1) is 11.8 Å². The molecule has 0 aliphatic heterocycles. The largest absolute Gasteiger partial charge is 0.422 e. The van der Waals surface area contributed by atoms with Crippen molar-refractivity contribution in [2.45, 2.75) is 86.0 Å². The fraction of sp³-hybridized carbons (Fsp3) is 0.652. The van der Waals surface area contributed by atoms with Crippen molar-refractivity contribution >= 4 is 11.9 Å². The Bertz CT molecular complexity index is 590. The van der Waals surface area contributed by atoms with Gasteiger partial charge < -0.3 is 9.47 Å². The minimum absolute atomic E-state index is 0.245. The highest BCUT2D eigenvalue weighted by atomic mass is 16.6. The van der Waals surface area contributed by atoms with E-state index in [2.05, 4.69) is 6.92 Å². The molecular weight excluding hydrogens is 340 g/mol. The van der Waals surface area contributed by atoms with Gasteiger partial charge in [-0.3, -0.25) is 9.59 Å². The number of unbranched alkanes of at least 4 members (excludes halogenated alkanes) is 6. The number of carbonyl (C=O) groups excluding carboxylic acids is 2. The molecule has 1 aromatic rings. The van der Waals surface area contributed by atoms with Gasteiger partial charge in [-0.25, -0.2) is 0 Å². The highest BCUT2D eigenvalue weighted by Crippen LogP contribution is 2.34. The zero-order valence-electron chi connectivity index (χ0n) is 17.7. The summed E-state index contributed by atoms with van der Waals surface area (Å²) in [5.41, 5.74) is 0.923. The molecule has 4 nitrogen and oxygen atoms in total. The second-order valence-electron chi connectivity index (χ2n) is 7.77. The number of ether oxygens (including phenoxy) is 2. The van der Waals surface area contributed by atoms with Gasteiger partial charge in [-0.2, -0.15) is 0 Å². The van der Waals surface area contributed by atoms with Crippen molar-refractivity contribution in [2.24, 2.45) is 11.8 Å². The van der Waals surface area contributed by atoms with Crippen molar-refractivity contribution in [2.75, 3.05) is 0 Å². The molecule has 152 valence electrons. The van der Waals surface area contributed by atoms with Crippen LogP contribution in [0.5, 0.6) is 11.5 Å². The first-order valence-corrected chi connectivity index (χ1v) is 10.4. The predicted molar refractivity (Wildman–Crippen MR) is 109 cm³/mol. The number of hydrogen-bond acceptors (Lipinski definition) is 4. The van der Waals surface area contributed by atoms with Gasteiger partial charge in [0.15, 0.2) is 11.5 Å². The van der Waals surface area contributed by atoms with Crippen LogP contribution in [-0.4, -0.2) is 11.9 Å². The summed E-state index contributed by atoms with van der Waals surface area (Å²) < 4.78 is 11.1. The first-order valence-electron chi connectivity index (χ1n) is 10.4. The van der Waals surface area contributed by atoms with Gasteiger partial charge in [-0.1, -0.05) is 85.3 Å². The minimum Gasteiger partial charge on any atom is -0.422 e. The summed E-state index contributed by atoms with van der Waals surface area (Å²) in [5, 5.41) is 0. The van der Waals surface area contributed by atoms with Gasteiger partial charge in [0, 0.05) is 0 Å². The summed E-state index contributed by atoms with van der Waals surface area (Å²) in [6.07, 6.45) is 9.34. The van der Waals surface area contributed by atoms with Crippen LogP contribution in [0.15, 0.2) is 18.2 Å². The fourth-order valence-electron chi connectivity index (χ4n) is 2.67. The third-order valence-electron chi connectivity index (χ3n) is 4.47. The summed E-state index contributed by atoms with van der Waals surface area (Å²) in [5.74, 6) is -0.399. The maximum absolute atomic E-state index is 12.2. The first kappa shape index (κ1) is 23.2. The van der Waals surface area contributed by atoms with Crippen molar-refractivity contribution < 1.29 is 19.1 Å². The standard InChI is InChI=1S/C23H36O4/c1-6-7-8-9-10-11-12-14-19-15-13-16-20(26-22(24)17(2)3)21(19)27-23(25)18(4)5/h13,15-18H,6-12,14H2,1-5H3. The maximum Gasteiger partial charge on any atom is 0.313 e. The van der Waals surface area contributed by atoms with Gasteiger partial charge in [0.05, 0.1) is 11.8 Å². The third-order valence-corrected chi connectivity index (χ3v) is 4.47. The average molecular weight is 377 g/mol. The van der Waals surface area contributed by atoms with Crippen molar-refractivity contribution in [1.29, 1.82) is 0 Å². The number of carbonyl (C=O) groups is 2. The second-order valence-corrected chi connectivity index (χ2v) is 7.77. The van der Waals surface area contributed by atoms with Crippen molar-refractivity contribution in [3.8, 4) is 11.5 Å². The Hall–Kier alpha value is -1.84. The molecule has 0 aliphatic rings. The molecule has 0 heterocycles. The Labute approximate surface area is 164 Å². The molecule has 0 amide bonds. The van der Waals surface area contributed by atoms with Gasteiger partial charge in [0.2, 0.25) is 0 Å². The molecule has 0 aromatic heterocycles. The molecule has 0 spiro atoms. The smallest absolute Gasteiger partial charge is 0.313 e. The van der Waals surface area contributed by atoms with E-state index >= 15 is 0 Å². The van der Waals surface area contributed by atoms with Crippen LogP contribution in [0.25, 0.3) is 0 Å². The topological polar surface area (TPSA) is 52.6 Å². The number of benzene rings is 1. The van der Waals surface area contributed by atoms with E-state index in [4.69, 9.17) is 9.47 Å². The van der Waals surface area contributed by atoms with Gasteiger partial charge in [-0.15, -0.1) is 0 Å². The molecule has 4 heteroatoms. The lowest BCUT2D eigenvalue weighted by atomic mass is 10.0. The van der Waals surface area contributed by atoms with Gasteiger partial charge >= 0.3 is 11.9 Å². The van der Waals surface area contributed by atoms with E-state index in [0.717, 1.165) is 24.8 Å². The normalized spacial score (nSPS) is 11.1. The van der Waals surface area contributed by atoms with Gasteiger partial charge in [0.1, 0.15) is 0 Å². The molecule has 0 bridgehead atoms. The van der Waals surface area contributed by atoms with E-state index in [1.807, 2.05) is 12.1 Å². The minimum atomic E-state index is -0.329. The Morgan fingerprint density at radius 1 is 0.815 bits per heavy atom. The van der Waals surface area contributed by atoms with Gasteiger partial charge in [-0.05, 0) is 24.5 Å². The molecule has 27 heavy (non-hydrogen) atoms. The lowest BCUT2D eigenvalue weighted by molar-refractivity contribution is -0.140. The lowest BCUT2D eigenvalue weighted by Crippen LogP contribution is -2.19. The lowest BCUT2D eigenvalue weighted by Gasteiger charge is -2.16. The summed E-state index contributed by atoms with van der Waals surface area (Å²) in [7, 11) is 0. The van der Waals surface area contributed by atoms with Crippen molar-refractivity contribution in [3.63, 3.8) is 0 Å². The van der Waals surface area contributed by atoms with Crippen molar-refractivity contribution in [3.05, 3.63) is 23.8 Å². The van der Waals surface area contributed by atoms with E-state index in [0.29, 0.717) is 11.5 Å². The van der Waals surface area contributed by atoms with Crippen LogP contribution in [-0.2, 0) is 16.0 Å². The van der Waals surface area contributed by atoms with E-state index in [9.17, 15) is 9.59 Å². The number of hydrogen-bond donors (Lipinski definition) is 0. The molecule has 0 fully saturated rings. The molecule has 0 aliphatic carbocycles. The van der Waals surface area contributed by atoms with Crippen molar-refractivity contribution in [1.82, 2.24) is 0 Å². The van der Waals surface area contributed by atoms with Gasteiger partial charge in [0.25, 0.3) is 0 Å². The molecule has 0 radical (unpaired) electrons. The van der Waals surface area contributed by atoms with Crippen LogP contribution < -0.4 is 9.47 Å². The fourth-order valence-corrected chi connectivity index (χ4v) is 2.67.